The maximum atomic E-state index is 13.9. The molecule has 0 saturated heterocycles. The van der Waals surface area contributed by atoms with E-state index in [1.54, 1.807) is 12.1 Å². The number of hydrazine groups is 1. The molecule has 0 aliphatic heterocycles. The Morgan fingerprint density at radius 2 is 1.66 bits per heavy atom. The third kappa shape index (κ3) is 5.10. The molecule has 2 amide bonds. The lowest BCUT2D eigenvalue weighted by atomic mass is 10.1. The minimum atomic E-state index is -0.789. The minimum absolute atomic E-state index is 0.221. The zero-order valence-electron chi connectivity index (χ0n) is 15.6. The van der Waals surface area contributed by atoms with Crippen LogP contribution in [0.15, 0.2) is 72.8 Å². The number of benzene rings is 3. The van der Waals surface area contributed by atoms with Gasteiger partial charge in [0, 0.05) is 11.6 Å². The fraction of sp³-hybridized carbons (Fsp3) is 0.0909. The van der Waals surface area contributed by atoms with Crippen molar-refractivity contribution in [2.75, 3.05) is 13.7 Å². The fourth-order valence-corrected chi connectivity index (χ4v) is 2.63. The summed E-state index contributed by atoms with van der Waals surface area (Å²) in [6.07, 6.45) is 0. The molecule has 0 atom stereocenters. The van der Waals surface area contributed by atoms with Crippen molar-refractivity contribution in [3.8, 4) is 22.6 Å². The summed E-state index contributed by atoms with van der Waals surface area (Å²) in [6.45, 7) is -0.324. The molecule has 2 N–H and O–H groups in total. The Hall–Kier alpha value is -3.87. The number of para-hydroxylation sites is 1. The molecular formula is C22H19FN2O4. The van der Waals surface area contributed by atoms with Crippen molar-refractivity contribution in [1.82, 2.24) is 10.9 Å². The standard InChI is InChI=1S/C22H19FN2O4/c1-28-16-11-12-18(19(23)13-16)22(27)25-24-21(26)14-29-20-10-6-5-9-17(20)15-7-3-2-4-8-15/h2-13H,14H2,1H3,(H,24,26)(H,25,27). The first kappa shape index (κ1) is 19.9. The summed E-state index contributed by atoms with van der Waals surface area (Å²) >= 11 is 0. The van der Waals surface area contributed by atoms with E-state index in [9.17, 15) is 14.0 Å². The van der Waals surface area contributed by atoms with E-state index in [2.05, 4.69) is 10.9 Å². The van der Waals surface area contributed by atoms with E-state index in [4.69, 9.17) is 9.47 Å². The highest BCUT2D eigenvalue weighted by Gasteiger charge is 2.14. The molecule has 0 fully saturated rings. The van der Waals surface area contributed by atoms with E-state index in [0.717, 1.165) is 17.2 Å². The number of halogens is 1. The van der Waals surface area contributed by atoms with Crippen LogP contribution in [0.3, 0.4) is 0 Å². The molecule has 7 heteroatoms. The zero-order chi connectivity index (χ0) is 20.6. The molecule has 0 aliphatic carbocycles. The number of ether oxygens (including phenoxy) is 2. The number of carbonyl (C=O) groups excluding carboxylic acids is 2. The van der Waals surface area contributed by atoms with E-state index < -0.39 is 17.6 Å². The quantitative estimate of drug-likeness (QED) is 0.629. The molecule has 29 heavy (non-hydrogen) atoms. The van der Waals surface area contributed by atoms with Crippen molar-refractivity contribution in [3.05, 3.63) is 84.2 Å². The van der Waals surface area contributed by atoms with E-state index >= 15 is 0 Å². The Bertz CT molecular complexity index is 1010. The summed E-state index contributed by atoms with van der Waals surface area (Å²) in [4.78, 5) is 24.1. The van der Waals surface area contributed by atoms with Crippen LogP contribution in [0.1, 0.15) is 10.4 Å². The number of rotatable bonds is 6. The van der Waals surface area contributed by atoms with Gasteiger partial charge in [0.05, 0.1) is 12.7 Å². The lowest BCUT2D eigenvalue weighted by molar-refractivity contribution is -0.123. The molecule has 0 unspecified atom stereocenters. The zero-order valence-corrected chi connectivity index (χ0v) is 15.6. The lowest BCUT2D eigenvalue weighted by Crippen LogP contribution is -2.44. The summed E-state index contributed by atoms with van der Waals surface area (Å²) in [5, 5.41) is 0. The molecule has 6 nitrogen and oxygen atoms in total. The van der Waals surface area contributed by atoms with Gasteiger partial charge in [0.2, 0.25) is 0 Å². The van der Waals surface area contributed by atoms with Gasteiger partial charge in [0.1, 0.15) is 17.3 Å². The molecule has 0 aliphatic rings. The summed E-state index contributed by atoms with van der Waals surface area (Å²) in [7, 11) is 1.39. The molecule has 0 radical (unpaired) electrons. The third-order valence-corrected chi connectivity index (χ3v) is 4.07. The number of amides is 2. The van der Waals surface area contributed by atoms with Gasteiger partial charge in [-0.25, -0.2) is 4.39 Å². The molecule has 0 aromatic heterocycles. The van der Waals surface area contributed by atoms with Crippen molar-refractivity contribution in [2.24, 2.45) is 0 Å². The maximum absolute atomic E-state index is 13.9. The van der Waals surface area contributed by atoms with Gasteiger partial charge in [-0.2, -0.15) is 0 Å². The smallest absolute Gasteiger partial charge is 0.276 e. The number of hydrogen-bond donors (Lipinski definition) is 2. The van der Waals surface area contributed by atoms with E-state index in [1.807, 2.05) is 42.5 Å². The molecule has 0 bridgehead atoms. The van der Waals surface area contributed by atoms with Crippen LogP contribution in [0.4, 0.5) is 4.39 Å². The largest absolute Gasteiger partial charge is 0.497 e. The second kappa shape index (κ2) is 9.36. The highest BCUT2D eigenvalue weighted by molar-refractivity contribution is 5.95. The fourth-order valence-electron chi connectivity index (χ4n) is 2.63. The molecule has 0 heterocycles. The second-order valence-corrected chi connectivity index (χ2v) is 6.00. The van der Waals surface area contributed by atoms with E-state index in [0.29, 0.717) is 5.75 Å². The van der Waals surface area contributed by atoms with Gasteiger partial charge in [-0.3, -0.25) is 20.4 Å². The lowest BCUT2D eigenvalue weighted by Gasteiger charge is -2.12. The van der Waals surface area contributed by atoms with Crippen LogP contribution in [0.25, 0.3) is 11.1 Å². The average molecular weight is 394 g/mol. The van der Waals surface area contributed by atoms with E-state index in [-0.39, 0.29) is 17.9 Å². The van der Waals surface area contributed by atoms with Crippen LogP contribution in [0.5, 0.6) is 11.5 Å². The Kier molecular flexibility index (Phi) is 6.42. The second-order valence-electron chi connectivity index (χ2n) is 6.00. The number of nitrogens with one attached hydrogen (secondary N) is 2. The van der Waals surface area contributed by atoms with Gasteiger partial charge >= 0.3 is 0 Å². The van der Waals surface area contributed by atoms with Gasteiger partial charge in [0.15, 0.2) is 6.61 Å². The van der Waals surface area contributed by atoms with Crippen LogP contribution >= 0.6 is 0 Å². The predicted molar refractivity (Wildman–Crippen MR) is 106 cm³/mol. The highest BCUT2D eigenvalue weighted by Crippen LogP contribution is 2.29. The number of hydrogen-bond acceptors (Lipinski definition) is 4. The van der Waals surface area contributed by atoms with Crippen molar-refractivity contribution >= 4 is 11.8 Å². The minimum Gasteiger partial charge on any atom is -0.497 e. The van der Waals surface area contributed by atoms with Crippen LogP contribution in [0.2, 0.25) is 0 Å². The Balaban J connectivity index is 1.57. The van der Waals surface area contributed by atoms with Crippen LogP contribution in [-0.2, 0) is 4.79 Å². The monoisotopic (exact) mass is 394 g/mol. The highest BCUT2D eigenvalue weighted by atomic mass is 19.1. The van der Waals surface area contributed by atoms with Gasteiger partial charge in [-0.15, -0.1) is 0 Å². The molecule has 3 rings (SSSR count). The summed E-state index contributed by atoms with van der Waals surface area (Å²) < 4.78 is 24.4. The third-order valence-electron chi connectivity index (χ3n) is 4.07. The van der Waals surface area contributed by atoms with Crippen molar-refractivity contribution in [1.29, 1.82) is 0 Å². The average Bonchev–Trinajstić information content (AvgIpc) is 2.76. The van der Waals surface area contributed by atoms with Crippen LogP contribution in [0, 0.1) is 5.82 Å². The first-order valence-electron chi connectivity index (χ1n) is 8.78. The Morgan fingerprint density at radius 1 is 0.931 bits per heavy atom. The summed E-state index contributed by atoms with van der Waals surface area (Å²) in [6, 6.07) is 20.7. The van der Waals surface area contributed by atoms with Crippen LogP contribution in [-0.4, -0.2) is 25.5 Å². The molecule has 0 spiro atoms. The van der Waals surface area contributed by atoms with Gasteiger partial charge in [-0.1, -0.05) is 48.5 Å². The van der Waals surface area contributed by atoms with Gasteiger partial charge < -0.3 is 9.47 Å². The van der Waals surface area contributed by atoms with Gasteiger partial charge in [0.25, 0.3) is 11.8 Å². The SMILES string of the molecule is COc1ccc(C(=O)NNC(=O)COc2ccccc2-c2ccccc2)c(F)c1. The molecule has 3 aromatic carbocycles. The van der Waals surface area contributed by atoms with Crippen molar-refractivity contribution in [3.63, 3.8) is 0 Å². The predicted octanol–water partition coefficient (Wildman–Crippen LogP) is 3.34. The molecule has 3 aromatic rings. The van der Waals surface area contributed by atoms with E-state index in [1.165, 1.54) is 19.2 Å². The van der Waals surface area contributed by atoms with Crippen molar-refractivity contribution < 1.29 is 23.5 Å². The Labute approximate surface area is 167 Å². The Morgan fingerprint density at radius 3 is 2.38 bits per heavy atom. The number of methoxy groups -OCH3 is 1. The summed E-state index contributed by atoms with van der Waals surface area (Å²) in [5.41, 5.74) is 5.93. The summed E-state index contributed by atoms with van der Waals surface area (Å²) in [5.74, 6) is -1.32. The number of carbonyl (C=O) groups is 2. The van der Waals surface area contributed by atoms with Gasteiger partial charge in [-0.05, 0) is 23.8 Å². The maximum Gasteiger partial charge on any atom is 0.276 e. The first-order chi connectivity index (χ1) is 14.1. The van der Waals surface area contributed by atoms with Crippen LogP contribution < -0.4 is 20.3 Å². The normalized spacial score (nSPS) is 10.1. The molecular weight excluding hydrogens is 375 g/mol. The van der Waals surface area contributed by atoms with Crippen molar-refractivity contribution in [2.45, 2.75) is 0 Å². The molecule has 0 saturated carbocycles. The first-order valence-corrected chi connectivity index (χ1v) is 8.78. The molecule has 148 valence electrons. The topological polar surface area (TPSA) is 76.7 Å².